The number of carboxylic acids is 1. The molecule has 1 unspecified atom stereocenters. The van der Waals surface area contributed by atoms with E-state index in [9.17, 15) is 9.18 Å². The fraction of sp³-hybridized carbons (Fsp3) is 0.348. The van der Waals surface area contributed by atoms with Crippen molar-refractivity contribution in [1.29, 1.82) is 0 Å². The van der Waals surface area contributed by atoms with E-state index in [1.54, 1.807) is 0 Å². The Hall–Kier alpha value is -2.54. The highest BCUT2D eigenvalue weighted by molar-refractivity contribution is 5.68. The minimum Gasteiger partial charge on any atom is -0.480 e. The lowest BCUT2D eigenvalue weighted by Gasteiger charge is -2.39. The molecule has 0 aliphatic carbocycles. The number of carboxylic acid groups (broad SMARTS) is 1. The normalized spacial score (nSPS) is 16.9. The maximum absolute atomic E-state index is 13.4. The smallest absolute Gasteiger partial charge is 0.329 e. The fourth-order valence-corrected chi connectivity index (χ4v) is 3.60. The van der Waals surface area contributed by atoms with Crippen molar-refractivity contribution in [2.24, 2.45) is 0 Å². The molecule has 1 N–H and O–H groups in total. The molecule has 1 aliphatic rings. The monoisotopic (exact) mass is 398 g/mol. The van der Waals surface area contributed by atoms with Crippen LogP contribution in [0.5, 0.6) is 0 Å². The van der Waals surface area contributed by atoms with Gasteiger partial charge in [-0.15, -0.1) is 0 Å². The van der Waals surface area contributed by atoms with Crippen LogP contribution in [0.25, 0.3) is 0 Å². The van der Waals surface area contributed by atoms with Gasteiger partial charge in [-0.3, -0.25) is 9.80 Å². The summed E-state index contributed by atoms with van der Waals surface area (Å²) < 4.78 is 18.4. The van der Waals surface area contributed by atoms with Gasteiger partial charge < -0.3 is 9.84 Å². The first-order valence-corrected chi connectivity index (χ1v) is 9.85. The van der Waals surface area contributed by atoms with Crippen LogP contribution in [0.1, 0.15) is 17.2 Å². The number of halogens is 1. The van der Waals surface area contributed by atoms with Crippen molar-refractivity contribution in [2.75, 3.05) is 45.9 Å². The molecular weight excluding hydrogens is 371 g/mol. The largest absolute Gasteiger partial charge is 0.480 e. The Morgan fingerprint density at radius 3 is 2.31 bits per heavy atom. The second-order valence-corrected chi connectivity index (χ2v) is 7.08. The number of hydrogen-bond acceptors (Lipinski definition) is 4. The molecule has 0 saturated carbocycles. The third-order valence-corrected chi connectivity index (χ3v) is 5.04. The molecule has 1 aliphatic heterocycles. The molecule has 1 heterocycles. The molecule has 1 saturated heterocycles. The number of nitrogens with zero attached hydrogens (tertiary/aromatic N) is 2. The van der Waals surface area contributed by atoms with Gasteiger partial charge in [0.2, 0.25) is 0 Å². The van der Waals surface area contributed by atoms with Crippen molar-refractivity contribution >= 4 is 5.97 Å². The van der Waals surface area contributed by atoms with Crippen LogP contribution in [-0.2, 0) is 9.53 Å². The van der Waals surface area contributed by atoms with Crippen LogP contribution in [0, 0.1) is 5.82 Å². The zero-order chi connectivity index (χ0) is 20.5. The zero-order valence-corrected chi connectivity index (χ0v) is 16.4. The van der Waals surface area contributed by atoms with Gasteiger partial charge in [0.25, 0.3) is 0 Å². The van der Waals surface area contributed by atoms with Gasteiger partial charge in [-0.1, -0.05) is 54.6 Å². The Morgan fingerprint density at radius 1 is 1.00 bits per heavy atom. The van der Waals surface area contributed by atoms with E-state index < -0.39 is 5.97 Å². The van der Waals surface area contributed by atoms with Crippen molar-refractivity contribution in [3.8, 4) is 0 Å². The molecule has 29 heavy (non-hydrogen) atoms. The minimum atomic E-state index is -0.955. The molecule has 0 spiro atoms. The SMILES string of the molecule is O=C(O)COC/C=C/CN1CCN(C(c2ccccc2)c2ccc(F)cc2)CC1. The van der Waals surface area contributed by atoms with Crippen molar-refractivity contribution < 1.29 is 19.0 Å². The van der Waals surface area contributed by atoms with Crippen molar-refractivity contribution in [2.45, 2.75) is 6.04 Å². The van der Waals surface area contributed by atoms with E-state index in [1.807, 2.05) is 42.5 Å². The summed E-state index contributed by atoms with van der Waals surface area (Å²) in [5, 5.41) is 8.54. The van der Waals surface area contributed by atoms with Crippen molar-refractivity contribution in [1.82, 2.24) is 9.80 Å². The topological polar surface area (TPSA) is 53.0 Å². The molecule has 154 valence electrons. The van der Waals surface area contributed by atoms with E-state index in [0.717, 1.165) is 38.3 Å². The van der Waals surface area contributed by atoms with E-state index in [2.05, 4.69) is 21.9 Å². The van der Waals surface area contributed by atoms with Gasteiger partial charge in [-0.2, -0.15) is 0 Å². The maximum atomic E-state index is 13.4. The van der Waals surface area contributed by atoms with Gasteiger partial charge in [-0.05, 0) is 23.3 Å². The van der Waals surface area contributed by atoms with Crippen LogP contribution >= 0.6 is 0 Å². The van der Waals surface area contributed by atoms with Crippen molar-refractivity contribution in [3.05, 3.63) is 83.7 Å². The molecule has 0 bridgehead atoms. The van der Waals surface area contributed by atoms with Crippen LogP contribution in [-0.4, -0.2) is 66.8 Å². The highest BCUT2D eigenvalue weighted by Crippen LogP contribution is 2.29. The highest BCUT2D eigenvalue weighted by Gasteiger charge is 2.26. The Kier molecular flexibility index (Phi) is 7.93. The van der Waals surface area contributed by atoms with E-state index in [4.69, 9.17) is 9.84 Å². The molecule has 2 aromatic carbocycles. The fourth-order valence-electron chi connectivity index (χ4n) is 3.60. The lowest BCUT2D eigenvalue weighted by Crippen LogP contribution is -2.47. The first-order valence-electron chi connectivity index (χ1n) is 9.85. The van der Waals surface area contributed by atoms with E-state index >= 15 is 0 Å². The summed E-state index contributed by atoms with van der Waals surface area (Å²) in [5.41, 5.74) is 2.31. The summed E-state index contributed by atoms with van der Waals surface area (Å²) in [6.07, 6.45) is 3.88. The molecule has 0 radical (unpaired) electrons. The van der Waals surface area contributed by atoms with Gasteiger partial charge in [0, 0.05) is 32.7 Å². The molecule has 2 aromatic rings. The molecule has 5 nitrogen and oxygen atoms in total. The van der Waals surface area contributed by atoms with Crippen LogP contribution in [0.3, 0.4) is 0 Å². The van der Waals surface area contributed by atoms with Gasteiger partial charge in [0.05, 0.1) is 12.6 Å². The first-order chi connectivity index (χ1) is 14.1. The predicted molar refractivity (Wildman–Crippen MR) is 110 cm³/mol. The summed E-state index contributed by atoms with van der Waals surface area (Å²) in [5.74, 6) is -1.17. The van der Waals surface area contributed by atoms with E-state index in [1.165, 1.54) is 17.7 Å². The number of carbonyl (C=O) groups is 1. The molecule has 0 amide bonds. The van der Waals surface area contributed by atoms with E-state index in [-0.39, 0.29) is 18.5 Å². The number of aliphatic carboxylic acids is 1. The third kappa shape index (κ3) is 6.49. The number of benzene rings is 2. The lowest BCUT2D eigenvalue weighted by atomic mass is 9.96. The highest BCUT2D eigenvalue weighted by atomic mass is 19.1. The molecule has 6 heteroatoms. The Bertz CT molecular complexity index is 788. The maximum Gasteiger partial charge on any atom is 0.329 e. The Morgan fingerprint density at radius 2 is 1.66 bits per heavy atom. The van der Waals surface area contributed by atoms with Crippen LogP contribution in [0.15, 0.2) is 66.7 Å². The molecule has 1 fully saturated rings. The molecular formula is C23H27FN2O3. The summed E-state index contributed by atoms with van der Waals surface area (Å²) in [7, 11) is 0. The lowest BCUT2D eigenvalue weighted by molar-refractivity contribution is -0.141. The molecule has 3 rings (SSSR count). The number of rotatable bonds is 9. The van der Waals surface area contributed by atoms with Gasteiger partial charge in [0.15, 0.2) is 0 Å². The van der Waals surface area contributed by atoms with Crippen LogP contribution < -0.4 is 0 Å². The quantitative estimate of drug-likeness (QED) is 0.519. The first kappa shape index (κ1) is 21.2. The van der Waals surface area contributed by atoms with Crippen LogP contribution in [0.4, 0.5) is 4.39 Å². The summed E-state index contributed by atoms with van der Waals surface area (Å²) in [6, 6.07) is 17.3. The predicted octanol–water partition coefficient (Wildman–Crippen LogP) is 3.19. The van der Waals surface area contributed by atoms with Crippen molar-refractivity contribution in [3.63, 3.8) is 0 Å². The van der Waals surface area contributed by atoms with Crippen LogP contribution in [0.2, 0.25) is 0 Å². The summed E-state index contributed by atoms with van der Waals surface area (Å²) >= 11 is 0. The number of ether oxygens (including phenoxy) is 1. The number of piperazine rings is 1. The average Bonchev–Trinajstić information content (AvgIpc) is 2.74. The van der Waals surface area contributed by atoms with Gasteiger partial charge >= 0.3 is 5.97 Å². The molecule has 0 aromatic heterocycles. The van der Waals surface area contributed by atoms with E-state index in [0.29, 0.717) is 6.61 Å². The standard InChI is InChI=1S/C23H27FN2O3/c24-21-10-8-20(9-11-21)23(19-6-2-1-3-7-19)26-15-13-25(14-16-26)12-4-5-17-29-18-22(27)28/h1-11,23H,12-18H2,(H,27,28)/b5-4+. The number of hydrogen-bond donors (Lipinski definition) is 1. The zero-order valence-electron chi connectivity index (χ0n) is 16.4. The van der Waals surface area contributed by atoms with Gasteiger partial charge in [-0.25, -0.2) is 9.18 Å². The summed E-state index contributed by atoms with van der Waals surface area (Å²) in [6.45, 7) is 4.56. The minimum absolute atomic E-state index is 0.110. The second-order valence-electron chi connectivity index (χ2n) is 7.08. The summed E-state index contributed by atoms with van der Waals surface area (Å²) in [4.78, 5) is 15.2. The Balaban J connectivity index is 1.57. The Labute approximate surface area is 171 Å². The second kappa shape index (κ2) is 10.9. The third-order valence-electron chi connectivity index (χ3n) is 5.04. The van der Waals surface area contributed by atoms with Gasteiger partial charge in [0.1, 0.15) is 12.4 Å². The average molecular weight is 398 g/mol. The molecule has 1 atom stereocenters.